The summed E-state index contributed by atoms with van der Waals surface area (Å²) in [6.07, 6.45) is 7.53. The third-order valence-electron chi connectivity index (χ3n) is 7.26. The zero-order valence-corrected chi connectivity index (χ0v) is 20.3. The van der Waals surface area contributed by atoms with Crippen molar-refractivity contribution in [3.63, 3.8) is 0 Å². The summed E-state index contributed by atoms with van der Waals surface area (Å²) in [5, 5.41) is 31.7. The predicted octanol–water partition coefficient (Wildman–Crippen LogP) is 7.27. The van der Waals surface area contributed by atoms with E-state index in [2.05, 4.69) is 12.1 Å². The van der Waals surface area contributed by atoms with E-state index >= 15 is 0 Å². The monoisotopic (exact) mass is 444 g/mol. The normalized spacial score (nSPS) is 14.5. The topological polar surface area (TPSA) is 60.7 Å². The average Bonchev–Trinajstić information content (AvgIpc) is 2.79. The lowest BCUT2D eigenvalue weighted by Crippen LogP contribution is -2.07. The second kappa shape index (κ2) is 9.51. The van der Waals surface area contributed by atoms with Crippen molar-refractivity contribution in [2.75, 3.05) is 0 Å². The zero-order chi connectivity index (χ0) is 23.7. The van der Waals surface area contributed by atoms with Gasteiger partial charge in [-0.3, -0.25) is 0 Å². The Hall–Kier alpha value is -2.94. The van der Waals surface area contributed by atoms with Crippen LogP contribution in [0.25, 0.3) is 0 Å². The maximum absolute atomic E-state index is 11.3. The van der Waals surface area contributed by atoms with E-state index in [1.165, 1.54) is 37.7 Å². The Morgan fingerprint density at radius 2 is 0.970 bits per heavy atom. The molecule has 174 valence electrons. The van der Waals surface area contributed by atoms with Crippen LogP contribution in [-0.2, 0) is 12.8 Å². The SMILES string of the molecule is Cc1cc(Cc2cc(C3CCCCC3)cc(Cc3cc(C)c(O)c(C)c3)c2O)cc(C)c1O. The molecule has 0 atom stereocenters. The number of hydrogen-bond donors (Lipinski definition) is 3. The number of phenols is 3. The van der Waals surface area contributed by atoms with Crippen LogP contribution in [-0.4, -0.2) is 15.3 Å². The molecule has 1 saturated carbocycles. The van der Waals surface area contributed by atoms with Gasteiger partial charge in [-0.15, -0.1) is 0 Å². The third-order valence-corrected chi connectivity index (χ3v) is 7.26. The Morgan fingerprint density at radius 1 is 0.576 bits per heavy atom. The molecular formula is C30H36O3. The highest BCUT2D eigenvalue weighted by Crippen LogP contribution is 2.38. The summed E-state index contributed by atoms with van der Waals surface area (Å²) in [6.45, 7) is 7.69. The second-order valence-corrected chi connectivity index (χ2v) is 10.0. The first-order chi connectivity index (χ1) is 15.7. The summed E-state index contributed by atoms with van der Waals surface area (Å²) in [5.41, 5.74) is 8.88. The fourth-order valence-corrected chi connectivity index (χ4v) is 5.46. The Balaban J connectivity index is 1.75. The van der Waals surface area contributed by atoms with Crippen molar-refractivity contribution in [2.24, 2.45) is 0 Å². The summed E-state index contributed by atoms with van der Waals surface area (Å²) < 4.78 is 0. The molecule has 3 heteroatoms. The van der Waals surface area contributed by atoms with Gasteiger partial charge in [0.2, 0.25) is 0 Å². The fraction of sp³-hybridized carbons (Fsp3) is 0.400. The quantitative estimate of drug-likeness (QED) is 0.388. The van der Waals surface area contributed by atoms with Crippen molar-refractivity contribution in [1.82, 2.24) is 0 Å². The Kier molecular flexibility index (Phi) is 6.69. The van der Waals surface area contributed by atoms with Crippen LogP contribution in [0, 0.1) is 27.7 Å². The van der Waals surface area contributed by atoms with E-state index in [-0.39, 0.29) is 0 Å². The predicted molar refractivity (Wildman–Crippen MR) is 135 cm³/mol. The molecule has 1 aliphatic rings. The smallest absolute Gasteiger partial charge is 0.122 e. The van der Waals surface area contributed by atoms with Crippen LogP contribution in [0.5, 0.6) is 17.2 Å². The van der Waals surface area contributed by atoms with Crippen LogP contribution in [0.2, 0.25) is 0 Å². The van der Waals surface area contributed by atoms with Crippen molar-refractivity contribution in [1.29, 1.82) is 0 Å². The molecule has 0 amide bonds. The highest BCUT2D eigenvalue weighted by molar-refractivity contribution is 5.52. The molecule has 0 aliphatic heterocycles. The number of aryl methyl sites for hydroxylation is 4. The molecule has 1 fully saturated rings. The van der Waals surface area contributed by atoms with Crippen molar-refractivity contribution in [2.45, 2.75) is 78.6 Å². The largest absolute Gasteiger partial charge is 0.507 e. The summed E-state index contributed by atoms with van der Waals surface area (Å²) in [4.78, 5) is 0. The van der Waals surface area contributed by atoms with Gasteiger partial charge in [0, 0.05) is 12.8 Å². The first kappa shape index (κ1) is 23.2. The standard InChI is InChI=1S/C30H36O3/c1-18-10-22(11-19(2)28(18)31)14-26-16-25(24-8-6-5-7-9-24)17-27(30(26)33)15-23-12-20(3)29(32)21(4)13-23/h10-13,16-17,24,31-33H,5-9,14-15H2,1-4H3. The second-order valence-electron chi connectivity index (χ2n) is 10.0. The van der Waals surface area contributed by atoms with Crippen molar-refractivity contribution in [3.05, 3.63) is 86.5 Å². The summed E-state index contributed by atoms with van der Waals surface area (Å²) in [6, 6.07) is 12.5. The van der Waals surface area contributed by atoms with Crippen LogP contribution in [0.3, 0.4) is 0 Å². The molecule has 1 aliphatic carbocycles. The summed E-state index contributed by atoms with van der Waals surface area (Å²) >= 11 is 0. The summed E-state index contributed by atoms with van der Waals surface area (Å²) in [7, 11) is 0. The van der Waals surface area contributed by atoms with Crippen LogP contribution >= 0.6 is 0 Å². The van der Waals surface area contributed by atoms with Gasteiger partial charge in [-0.2, -0.15) is 0 Å². The van der Waals surface area contributed by atoms with E-state index in [0.717, 1.165) is 44.5 Å². The minimum Gasteiger partial charge on any atom is -0.507 e. The molecule has 0 saturated heterocycles. The van der Waals surface area contributed by atoms with E-state index in [4.69, 9.17) is 0 Å². The maximum Gasteiger partial charge on any atom is 0.122 e. The van der Waals surface area contributed by atoms with E-state index in [1.54, 1.807) is 0 Å². The molecule has 0 bridgehead atoms. The molecule has 0 radical (unpaired) electrons. The van der Waals surface area contributed by atoms with E-state index in [9.17, 15) is 15.3 Å². The van der Waals surface area contributed by atoms with Gasteiger partial charge in [-0.1, -0.05) is 55.7 Å². The Bertz CT molecular complexity index is 1040. The van der Waals surface area contributed by atoms with Gasteiger partial charge in [-0.25, -0.2) is 0 Å². The van der Waals surface area contributed by atoms with E-state index in [1.807, 2.05) is 52.0 Å². The van der Waals surface area contributed by atoms with Crippen molar-refractivity contribution < 1.29 is 15.3 Å². The van der Waals surface area contributed by atoms with Gasteiger partial charge < -0.3 is 15.3 Å². The lowest BCUT2D eigenvalue weighted by atomic mass is 9.81. The molecule has 33 heavy (non-hydrogen) atoms. The number of aromatic hydroxyl groups is 3. The van der Waals surface area contributed by atoms with Gasteiger partial charge >= 0.3 is 0 Å². The molecule has 0 unspecified atom stereocenters. The Labute approximate surface area is 197 Å². The minimum atomic E-state index is 0.345. The third kappa shape index (κ3) is 5.03. The van der Waals surface area contributed by atoms with Gasteiger partial charge in [0.05, 0.1) is 0 Å². The van der Waals surface area contributed by atoms with Gasteiger partial charge in [-0.05, 0) is 96.5 Å². The van der Waals surface area contributed by atoms with E-state index in [0.29, 0.717) is 36.0 Å². The molecule has 3 nitrogen and oxygen atoms in total. The molecule has 3 aromatic rings. The first-order valence-corrected chi connectivity index (χ1v) is 12.2. The molecule has 0 heterocycles. The number of rotatable bonds is 5. The number of hydrogen-bond acceptors (Lipinski definition) is 3. The molecule has 0 spiro atoms. The van der Waals surface area contributed by atoms with E-state index < -0.39 is 0 Å². The first-order valence-electron chi connectivity index (χ1n) is 12.2. The molecular weight excluding hydrogens is 408 g/mol. The number of benzene rings is 3. The lowest BCUT2D eigenvalue weighted by molar-refractivity contribution is 0.439. The van der Waals surface area contributed by atoms with Crippen LogP contribution in [0.4, 0.5) is 0 Å². The maximum atomic E-state index is 11.3. The fourth-order valence-electron chi connectivity index (χ4n) is 5.46. The zero-order valence-electron chi connectivity index (χ0n) is 20.3. The van der Waals surface area contributed by atoms with Crippen molar-refractivity contribution in [3.8, 4) is 17.2 Å². The van der Waals surface area contributed by atoms with Crippen molar-refractivity contribution >= 4 is 0 Å². The average molecular weight is 445 g/mol. The highest BCUT2D eigenvalue weighted by Gasteiger charge is 2.20. The summed E-state index contributed by atoms with van der Waals surface area (Å²) in [5.74, 6) is 1.60. The molecule has 3 aromatic carbocycles. The minimum absolute atomic E-state index is 0.345. The molecule has 4 rings (SSSR count). The van der Waals surface area contributed by atoms with Crippen LogP contribution < -0.4 is 0 Å². The number of phenolic OH excluding ortho intramolecular Hbond substituents is 3. The highest BCUT2D eigenvalue weighted by atomic mass is 16.3. The van der Waals surface area contributed by atoms with Crippen LogP contribution in [0.15, 0.2) is 36.4 Å². The van der Waals surface area contributed by atoms with Gasteiger partial charge in [0.15, 0.2) is 0 Å². The molecule has 3 N–H and O–H groups in total. The lowest BCUT2D eigenvalue weighted by Gasteiger charge is -2.24. The molecule has 0 aromatic heterocycles. The van der Waals surface area contributed by atoms with Crippen LogP contribution in [0.1, 0.15) is 88.1 Å². The van der Waals surface area contributed by atoms with Gasteiger partial charge in [0.25, 0.3) is 0 Å². The van der Waals surface area contributed by atoms with Gasteiger partial charge in [0.1, 0.15) is 17.2 Å². The Morgan fingerprint density at radius 3 is 1.36 bits per heavy atom.